The van der Waals surface area contributed by atoms with Gasteiger partial charge in [-0.15, -0.1) is 0 Å². The van der Waals surface area contributed by atoms with E-state index in [-0.39, 0.29) is 22.8 Å². The largest absolute Gasteiger partial charge is 0.497 e. The molecule has 8 nitrogen and oxygen atoms in total. The Labute approximate surface area is 221 Å². The molecule has 2 aromatic carbocycles. The lowest BCUT2D eigenvalue weighted by molar-refractivity contribution is -0.137. The summed E-state index contributed by atoms with van der Waals surface area (Å²) in [5.74, 6) is 0.162. The molecule has 0 saturated heterocycles. The fourth-order valence-corrected chi connectivity index (χ4v) is 4.10. The fourth-order valence-electron chi connectivity index (χ4n) is 3.75. The van der Waals surface area contributed by atoms with Crippen LogP contribution in [-0.4, -0.2) is 27.8 Å². The standard InChI is InChI=1S/C26H24ClF3N6O2/c1-15-22-23(27)21(25(37)34-19-7-5-17(6-8-19)26(28,29)30)13-33-24(22)36(35-15)14-18(31)12-32-11-16-3-9-20(38-2)10-4-16/h3-10,12-13,32H,11,14,31H2,1-2H3,(H,34,37)/b18-12-. The molecule has 0 fully saturated rings. The van der Waals surface area contributed by atoms with Crippen LogP contribution in [-0.2, 0) is 19.3 Å². The highest BCUT2D eigenvalue weighted by Gasteiger charge is 2.30. The van der Waals surface area contributed by atoms with Crippen LogP contribution in [0.2, 0.25) is 5.02 Å². The van der Waals surface area contributed by atoms with E-state index in [0.29, 0.717) is 29.0 Å². The number of carbonyl (C=O) groups is 1. The van der Waals surface area contributed by atoms with Crippen molar-refractivity contribution in [3.63, 3.8) is 0 Å². The lowest BCUT2D eigenvalue weighted by atomic mass is 10.1. The number of hydrogen-bond donors (Lipinski definition) is 3. The zero-order valence-electron chi connectivity index (χ0n) is 20.4. The SMILES string of the molecule is COc1ccc(CN/C=C(\N)Cn2nc(C)c3c(Cl)c(C(=O)Nc4ccc(C(F)(F)F)cc4)cnc32)cc1. The molecule has 0 aliphatic heterocycles. The van der Waals surface area contributed by atoms with E-state index in [2.05, 4.69) is 20.7 Å². The Morgan fingerprint density at radius 3 is 2.47 bits per heavy atom. The number of nitrogens with one attached hydrogen (secondary N) is 2. The van der Waals surface area contributed by atoms with Crippen molar-refractivity contribution in [2.24, 2.45) is 5.73 Å². The minimum Gasteiger partial charge on any atom is -0.497 e. The first-order valence-corrected chi connectivity index (χ1v) is 11.8. The average Bonchev–Trinajstić information content (AvgIpc) is 3.19. The normalized spacial score (nSPS) is 12.0. The summed E-state index contributed by atoms with van der Waals surface area (Å²) in [5.41, 5.74) is 8.13. The Bertz CT molecular complexity index is 1480. The summed E-state index contributed by atoms with van der Waals surface area (Å²) >= 11 is 6.55. The summed E-state index contributed by atoms with van der Waals surface area (Å²) in [6.07, 6.45) is -1.49. The van der Waals surface area contributed by atoms with Gasteiger partial charge in [0.15, 0.2) is 5.65 Å². The maximum atomic E-state index is 12.8. The highest BCUT2D eigenvalue weighted by molar-refractivity contribution is 6.39. The number of aryl methyl sites for hydroxylation is 1. The third-order valence-electron chi connectivity index (χ3n) is 5.67. The Morgan fingerprint density at radius 2 is 1.84 bits per heavy atom. The van der Waals surface area contributed by atoms with Crippen molar-refractivity contribution in [2.75, 3.05) is 12.4 Å². The summed E-state index contributed by atoms with van der Waals surface area (Å²) in [4.78, 5) is 17.2. The number of hydrogen-bond acceptors (Lipinski definition) is 6. The van der Waals surface area contributed by atoms with Gasteiger partial charge in [0.05, 0.1) is 40.9 Å². The quantitative estimate of drug-likeness (QED) is 0.279. The van der Waals surface area contributed by atoms with Crippen LogP contribution in [0.3, 0.4) is 0 Å². The van der Waals surface area contributed by atoms with Crippen molar-refractivity contribution in [3.8, 4) is 5.75 Å². The predicted molar refractivity (Wildman–Crippen MR) is 139 cm³/mol. The molecule has 0 radical (unpaired) electrons. The average molecular weight is 545 g/mol. The maximum absolute atomic E-state index is 12.8. The van der Waals surface area contributed by atoms with Crippen LogP contribution in [0, 0.1) is 6.92 Å². The molecule has 0 saturated carbocycles. The Hall–Kier alpha value is -4.25. The van der Waals surface area contributed by atoms with Crippen molar-refractivity contribution in [1.82, 2.24) is 20.1 Å². The van der Waals surface area contributed by atoms with E-state index in [4.69, 9.17) is 22.1 Å². The van der Waals surface area contributed by atoms with Crippen LogP contribution in [0.5, 0.6) is 5.75 Å². The maximum Gasteiger partial charge on any atom is 0.416 e. The minimum atomic E-state index is -4.47. The number of allylic oxidation sites excluding steroid dienone is 1. The van der Waals surface area contributed by atoms with Gasteiger partial charge in [0.1, 0.15) is 5.75 Å². The van der Waals surface area contributed by atoms with Gasteiger partial charge in [0, 0.05) is 30.3 Å². The third-order valence-corrected chi connectivity index (χ3v) is 6.06. The zero-order chi connectivity index (χ0) is 27.4. The molecule has 0 unspecified atom stereocenters. The van der Waals surface area contributed by atoms with E-state index >= 15 is 0 Å². The number of nitrogens with zero attached hydrogens (tertiary/aromatic N) is 3. The van der Waals surface area contributed by atoms with E-state index in [1.807, 2.05) is 24.3 Å². The first-order chi connectivity index (χ1) is 18.1. The van der Waals surface area contributed by atoms with Gasteiger partial charge in [-0.1, -0.05) is 23.7 Å². The number of amides is 1. The molecule has 4 N–H and O–H groups in total. The van der Waals surface area contributed by atoms with E-state index in [1.54, 1.807) is 24.9 Å². The second-order valence-electron chi connectivity index (χ2n) is 8.40. The Balaban J connectivity index is 1.46. The molecule has 1 amide bonds. The summed E-state index contributed by atoms with van der Waals surface area (Å²) in [7, 11) is 1.61. The van der Waals surface area contributed by atoms with Gasteiger partial charge in [-0.25, -0.2) is 9.67 Å². The number of fused-ring (bicyclic) bond motifs is 1. The molecule has 4 aromatic rings. The number of carbonyl (C=O) groups excluding carboxylic acids is 1. The van der Waals surface area contributed by atoms with Gasteiger partial charge in [0.25, 0.3) is 5.91 Å². The van der Waals surface area contributed by atoms with E-state index < -0.39 is 17.6 Å². The van der Waals surface area contributed by atoms with Crippen molar-refractivity contribution in [3.05, 3.63) is 94.0 Å². The number of benzene rings is 2. The first kappa shape index (κ1) is 26.8. The number of ether oxygens (including phenoxy) is 1. The van der Waals surface area contributed by atoms with Crippen molar-refractivity contribution in [1.29, 1.82) is 0 Å². The third kappa shape index (κ3) is 6.00. The predicted octanol–water partition coefficient (Wildman–Crippen LogP) is 5.26. The van der Waals surface area contributed by atoms with Crippen molar-refractivity contribution < 1.29 is 22.7 Å². The van der Waals surface area contributed by atoms with Gasteiger partial charge >= 0.3 is 6.18 Å². The van der Waals surface area contributed by atoms with Gasteiger partial charge in [-0.3, -0.25) is 4.79 Å². The molecule has 198 valence electrons. The molecular formula is C26H24ClF3N6O2. The van der Waals surface area contributed by atoms with E-state index in [1.165, 1.54) is 18.3 Å². The van der Waals surface area contributed by atoms with Gasteiger partial charge in [-0.2, -0.15) is 18.3 Å². The summed E-state index contributed by atoms with van der Waals surface area (Å²) in [5, 5.41) is 10.8. The topological polar surface area (TPSA) is 107 Å². The summed E-state index contributed by atoms with van der Waals surface area (Å²) in [6, 6.07) is 11.7. The van der Waals surface area contributed by atoms with Crippen LogP contribution < -0.4 is 21.1 Å². The fraction of sp³-hybridized carbons (Fsp3) is 0.192. The molecule has 0 aliphatic carbocycles. The molecule has 0 atom stereocenters. The first-order valence-electron chi connectivity index (χ1n) is 11.4. The number of nitrogens with two attached hydrogens (primary N) is 1. The minimum absolute atomic E-state index is 0.0615. The number of pyridine rings is 1. The van der Waals surface area contributed by atoms with Crippen LogP contribution in [0.1, 0.15) is 27.2 Å². The van der Waals surface area contributed by atoms with Crippen LogP contribution >= 0.6 is 11.6 Å². The molecule has 2 heterocycles. The lowest BCUT2D eigenvalue weighted by Crippen LogP contribution is -2.15. The summed E-state index contributed by atoms with van der Waals surface area (Å²) < 4.78 is 45.1. The zero-order valence-corrected chi connectivity index (χ0v) is 21.2. The molecule has 0 spiro atoms. The molecule has 0 bridgehead atoms. The molecular weight excluding hydrogens is 521 g/mol. The second-order valence-corrected chi connectivity index (χ2v) is 8.78. The molecule has 2 aromatic heterocycles. The lowest BCUT2D eigenvalue weighted by Gasteiger charge is -2.10. The smallest absolute Gasteiger partial charge is 0.416 e. The molecule has 0 aliphatic rings. The Kier molecular flexibility index (Phi) is 7.77. The monoisotopic (exact) mass is 544 g/mol. The van der Waals surface area contributed by atoms with Crippen LogP contribution in [0.25, 0.3) is 11.0 Å². The second kappa shape index (κ2) is 11.0. The number of methoxy groups -OCH3 is 1. The van der Waals surface area contributed by atoms with Crippen LogP contribution in [0.4, 0.5) is 18.9 Å². The number of anilines is 1. The summed E-state index contributed by atoms with van der Waals surface area (Å²) in [6.45, 7) is 2.51. The van der Waals surface area contributed by atoms with Gasteiger partial charge in [0.2, 0.25) is 0 Å². The van der Waals surface area contributed by atoms with Crippen molar-refractivity contribution in [2.45, 2.75) is 26.2 Å². The number of halogens is 4. The molecule has 4 rings (SSSR count). The highest BCUT2D eigenvalue weighted by atomic mass is 35.5. The van der Waals surface area contributed by atoms with Crippen molar-refractivity contribution >= 4 is 34.2 Å². The van der Waals surface area contributed by atoms with Gasteiger partial charge < -0.3 is 21.1 Å². The van der Waals surface area contributed by atoms with E-state index in [9.17, 15) is 18.0 Å². The van der Waals surface area contributed by atoms with E-state index in [0.717, 1.165) is 23.4 Å². The number of aromatic nitrogens is 3. The molecule has 12 heteroatoms. The number of rotatable bonds is 8. The Morgan fingerprint density at radius 1 is 1.16 bits per heavy atom. The number of alkyl halides is 3. The molecule has 38 heavy (non-hydrogen) atoms. The van der Waals surface area contributed by atoms with Gasteiger partial charge in [-0.05, 0) is 48.9 Å². The highest BCUT2D eigenvalue weighted by Crippen LogP contribution is 2.31. The van der Waals surface area contributed by atoms with Crippen LogP contribution in [0.15, 0.2) is 66.6 Å².